The molecule has 0 aromatic heterocycles. The van der Waals surface area contributed by atoms with Crippen LogP contribution < -0.4 is 10.5 Å². The smallest absolute Gasteiger partial charge is 0.137 e. The molecule has 2 nitrogen and oxygen atoms in total. The summed E-state index contributed by atoms with van der Waals surface area (Å²) < 4.78 is 5.19. The van der Waals surface area contributed by atoms with Crippen LogP contribution in [0, 0.1) is 0 Å². The summed E-state index contributed by atoms with van der Waals surface area (Å²) in [6, 6.07) is 10.7. The number of halogens is 3. The molecule has 0 aliphatic carbocycles. The van der Waals surface area contributed by atoms with Crippen LogP contribution in [0.1, 0.15) is 17.2 Å². The summed E-state index contributed by atoms with van der Waals surface area (Å²) in [6.07, 6.45) is 0.545. The fraction of sp³-hybridized carbons (Fsp3) is 0.200. The van der Waals surface area contributed by atoms with Crippen molar-refractivity contribution in [3.8, 4) is 5.75 Å². The van der Waals surface area contributed by atoms with Crippen molar-refractivity contribution >= 4 is 34.8 Å². The highest BCUT2D eigenvalue weighted by atomic mass is 35.5. The van der Waals surface area contributed by atoms with Crippen molar-refractivity contribution in [1.29, 1.82) is 0 Å². The monoisotopic (exact) mass is 329 g/mol. The lowest BCUT2D eigenvalue weighted by Crippen LogP contribution is -2.14. The molecule has 0 bridgehead atoms. The molecule has 0 aliphatic heterocycles. The Hall–Kier alpha value is -0.930. The molecule has 0 fully saturated rings. The SMILES string of the molecule is COc1cc(C(N)Cc2c(Cl)cccc2Cl)ccc1Cl. The Morgan fingerprint density at radius 3 is 2.30 bits per heavy atom. The molecule has 2 N–H and O–H groups in total. The van der Waals surface area contributed by atoms with Crippen molar-refractivity contribution in [2.24, 2.45) is 5.73 Å². The van der Waals surface area contributed by atoms with E-state index in [0.717, 1.165) is 11.1 Å². The van der Waals surface area contributed by atoms with E-state index in [9.17, 15) is 0 Å². The lowest BCUT2D eigenvalue weighted by Gasteiger charge is -2.15. The maximum atomic E-state index is 6.22. The van der Waals surface area contributed by atoms with Gasteiger partial charge in [0.25, 0.3) is 0 Å². The standard InChI is InChI=1S/C15H14Cl3NO/c1-20-15-7-9(5-6-13(15)18)14(19)8-10-11(16)3-2-4-12(10)17/h2-7,14H,8,19H2,1H3. The Bertz CT molecular complexity index is 596. The van der Waals surface area contributed by atoms with E-state index >= 15 is 0 Å². The third-order valence-corrected chi connectivity index (χ3v) is 4.11. The molecule has 1 unspecified atom stereocenters. The van der Waals surface area contributed by atoms with Crippen LogP contribution in [0.15, 0.2) is 36.4 Å². The van der Waals surface area contributed by atoms with E-state index < -0.39 is 0 Å². The number of benzene rings is 2. The zero-order valence-corrected chi connectivity index (χ0v) is 13.1. The van der Waals surface area contributed by atoms with Crippen LogP contribution in [0.5, 0.6) is 5.75 Å². The van der Waals surface area contributed by atoms with Crippen LogP contribution in [0.25, 0.3) is 0 Å². The minimum Gasteiger partial charge on any atom is -0.495 e. The maximum absolute atomic E-state index is 6.22. The highest BCUT2D eigenvalue weighted by Crippen LogP contribution is 2.31. The first kappa shape index (κ1) is 15.5. The number of methoxy groups -OCH3 is 1. The average molecular weight is 331 g/mol. The molecule has 2 aromatic rings. The summed E-state index contributed by atoms with van der Waals surface area (Å²) in [5.41, 5.74) is 7.99. The Balaban J connectivity index is 2.26. The van der Waals surface area contributed by atoms with E-state index in [1.165, 1.54) is 0 Å². The van der Waals surface area contributed by atoms with Gasteiger partial charge in [-0.3, -0.25) is 0 Å². The maximum Gasteiger partial charge on any atom is 0.137 e. The quantitative estimate of drug-likeness (QED) is 0.865. The summed E-state index contributed by atoms with van der Waals surface area (Å²) in [7, 11) is 1.57. The molecule has 2 rings (SSSR count). The molecular formula is C15H14Cl3NO. The molecule has 1 atom stereocenters. The second-order valence-electron chi connectivity index (χ2n) is 4.40. The zero-order valence-electron chi connectivity index (χ0n) is 10.9. The minimum atomic E-state index is -0.237. The predicted octanol–water partition coefficient (Wildman–Crippen LogP) is 4.90. The summed E-state index contributed by atoms with van der Waals surface area (Å²) in [6.45, 7) is 0. The van der Waals surface area contributed by atoms with Crippen LogP contribution >= 0.6 is 34.8 Å². The lowest BCUT2D eigenvalue weighted by molar-refractivity contribution is 0.414. The van der Waals surface area contributed by atoms with Gasteiger partial charge in [-0.25, -0.2) is 0 Å². The number of hydrogen-bond acceptors (Lipinski definition) is 2. The Labute approximate surface area is 133 Å². The van der Waals surface area contributed by atoms with Crippen LogP contribution in [0.3, 0.4) is 0 Å². The molecular weight excluding hydrogens is 317 g/mol. The Kier molecular flexibility index (Phi) is 5.17. The first-order valence-corrected chi connectivity index (χ1v) is 7.18. The van der Waals surface area contributed by atoms with Crippen molar-refractivity contribution in [2.75, 3.05) is 7.11 Å². The molecule has 20 heavy (non-hydrogen) atoms. The third-order valence-electron chi connectivity index (χ3n) is 3.09. The number of hydrogen-bond donors (Lipinski definition) is 1. The second kappa shape index (κ2) is 6.68. The van der Waals surface area contributed by atoms with Crippen LogP contribution in [-0.4, -0.2) is 7.11 Å². The van der Waals surface area contributed by atoms with Crippen LogP contribution in [-0.2, 0) is 6.42 Å². The average Bonchev–Trinajstić information content (AvgIpc) is 2.43. The lowest BCUT2D eigenvalue weighted by atomic mass is 9.99. The van der Waals surface area contributed by atoms with Gasteiger partial charge in [-0.05, 0) is 41.8 Å². The molecule has 0 heterocycles. The highest BCUT2D eigenvalue weighted by molar-refractivity contribution is 6.36. The normalized spacial score (nSPS) is 12.2. The van der Waals surface area contributed by atoms with E-state index in [-0.39, 0.29) is 6.04 Å². The summed E-state index contributed by atoms with van der Waals surface area (Å²) in [5, 5.41) is 1.79. The Morgan fingerprint density at radius 1 is 1.05 bits per heavy atom. The van der Waals surface area contributed by atoms with E-state index in [1.807, 2.05) is 18.2 Å². The number of ether oxygens (including phenoxy) is 1. The van der Waals surface area contributed by atoms with Crippen molar-refractivity contribution < 1.29 is 4.74 Å². The van der Waals surface area contributed by atoms with E-state index in [1.54, 1.807) is 25.3 Å². The van der Waals surface area contributed by atoms with Gasteiger partial charge in [0.2, 0.25) is 0 Å². The molecule has 0 saturated heterocycles. The van der Waals surface area contributed by atoms with Gasteiger partial charge < -0.3 is 10.5 Å². The van der Waals surface area contributed by atoms with Crippen molar-refractivity contribution in [3.05, 3.63) is 62.6 Å². The van der Waals surface area contributed by atoms with Gasteiger partial charge in [-0.1, -0.05) is 46.9 Å². The van der Waals surface area contributed by atoms with Gasteiger partial charge in [0.15, 0.2) is 0 Å². The van der Waals surface area contributed by atoms with Crippen molar-refractivity contribution in [1.82, 2.24) is 0 Å². The van der Waals surface area contributed by atoms with Gasteiger partial charge in [-0.2, -0.15) is 0 Å². The van der Waals surface area contributed by atoms with E-state index in [0.29, 0.717) is 27.2 Å². The predicted molar refractivity (Wildman–Crippen MR) is 85.1 cm³/mol. The number of rotatable bonds is 4. The molecule has 2 aromatic carbocycles. The van der Waals surface area contributed by atoms with Gasteiger partial charge in [0.1, 0.15) is 5.75 Å². The highest BCUT2D eigenvalue weighted by Gasteiger charge is 2.14. The topological polar surface area (TPSA) is 35.2 Å². The second-order valence-corrected chi connectivity index (χ2v) is 5.63. The molecule has 0 amide bonds. The van der Waals surface area contributed by atoms with Crippen LogP contribution in [0.2, 0.25) is 15.1 Å². The molecule has 106 valence electrons. The molecule has 5 heteroatoms. The molecule has 0 saturated carbocycles. The van der Waals surface area contributed by atoms with Crippen LogP contribution in [0.4, 0.5) is 0 Å². The van der Waals surface area contributed by atoms with Gasteiger partial charge in [0, 0.05) is 16.1 Å². The van der Waals surface area contributed by atoms with Crippen molar-refractivity contribution in [2.45, 2.75) is 12.5 Å². The largest absolute Gasteiger partial charge is 0.495 e. The van der Waals surface area contributed by atoms with Gasteiger partial charge >= 0.3 is 0 Å². The zero-order chi connectivity index (χ0) is 14.7. The van der Waals surface area contributed by atoms with Gasteiger partial charge in [0.05, 0.1) is 12.1 Å². The summed E-state index contributed by atoms with van der Waals surface area (Å²) in [5.74, 6) is 0.602. The number of nitrogens with two attached hydrogens (primary N) is 1. The minimum absolute atomic E-state index is 0.237. The van der Waals surface area contributed by atoms with Gasteiger partial charge in [-0.15, -0.1) is 0 Å². The first-order chi connectivity index (χ1) is 9.52. The molecule has 0 aliphatic rings. The molecule has 0 radical (unpaired) electrons. The Morgan fingerprint density at radius 2 is 1.70 bits per heavy atom. The van der Waals surface area contributed by atoms with E-state index in [2.05, 4.69) is 0 Å². The summed E-state index contributed by atoms with van der Waals surface area (Å²) >= 11 is 18.3. The third kappa shape index (κ3) is 3.39. The molecule has 0 spiro atoms. The fourth-order valence-electron chi connectivity index (χ4n) is 1.97. The summed E-state index contributed by atoms with van der Waals surface area (Å²) in [4.78, 5) is 0. The first-order valence-electron chi connectivity index (χ1n) is 6.05. The van der Waals surface area contributed by atoms with E-state index in [4.69, 9.17) is 45.3 Å². The fourth-order valence-corrected chi connectivity index (χ4v) is 2.72. The van der Waals surface area contributed by atoms with Crippen molar-refractivity contribution in [3.63, 3.8) is 0 Å².